The molecule has 0 fully saturated rings. The molecule has 1 aliphatic rings. The molecule has 7 nitrogen and oxygen atoms in total. The topological polar surface area (TPSA) is 75.5 Å². The Kier molecular flexibility index (Phi) is 7.63. The minimum Gasteiger partial charge on any atom is -0.334 e. The Hall–Kier alpha value is -3.48. The average Bonchev–Trinajstić information content (AvgIpc) is 2.84. The second kappa shape index (κ2) is 10.8. The molecule has 0 spiro atoms. The highest BCUT2D eigenvalue weighted by atomic mass is 16.2. The number of amides is 2. The van der Waals surface area contributed by atoms with E-state index in [1.54, 1.807) is 30.5 Å². The third-order valence-electron chi connectivity index (χ3n) is 6.79. The Bertz CT molecular complexity index is 1300. The number of aryl methyl sites for hydroxylation is 2. The normalized spacial score (nSPS) is 15.3. The van der Waals surface area contributed by atoms with Gasteiger partial charge >= 0.3 is 0 Å². The molecule has 2 amide bonds. The molecule has 35 heavy (non-hydrogen) atoms. The minimum absolute atomic E-state index is 0.0188. The summed E-state index contributed by atoms with van der Waals surface area (Å²) in [4.78, 5) is 46.8. The van der Waals surface area contributed by atoms with Crippen molar-refractivity contribution in [2.45, 2.75) is 66.0 Å². The fourth-order valence-electron chi connectivity index (χ4n) is 4.92. The highest BCUT2D eigenvalue weighted by Gasteiger charge is 2.22. The molecule has 1 aromatic heterocycles. The number of hydrogen-bond acceptors (Lipinski definition) is 4. The Labute approximate surface area is 206 Å². The fourth-order valence-corrected chi connectivity index (χ4v) is 4.92. The Morgan fingerprint density at radius 1 is 0.971 bits per heavy atom. The van der Waals surface area contributed by atoms with Crippen molar-refractivity contribution in [1.29, 1.82) is 0 Å². The number of anilines is 1. The molecule has 2 aromatic carbocycles. The summed E-state index contributed by atoms with van der Waals surface area (Å²) < 4.78 is 1.69. The van der Waals surface area contributed by atoms with E-state index in [9.17, 15) is 14.4 Å². The molecule has 0 aliphatic carbocycles. The van der Waals surface area contributed by atoms with Crippen molar-refractivity contribution in [3.8, 4) is 0 Å². The van der Waals surface area contributed by atoms with Crippen LogP contribution in [0.4, 0.5) is 5.69 Å². The molecular formula is C28H34N4O3. The number of benzene rings is 2. The van der Waals surface area contributed by atoms with Gasteiger partial charge in [0.15, 0.2) is 0 Å². The van der Waals surface area contributed by atoms with Gasteiger partial charge in [-0.05, 0) is 56.5 Å². The predicted molar refractivity (Wildman–Crippen MR) is 139 cm³/mol. The van der Waals surface area contributed by atoms with Crippen LogP contribution in [0.3, 0.4) is 0 Å². The summed E-state index contributed by atoms with van der Waals surface area (Å²) in [7, 11) is 0. The van der Waals surface area contributed by atoms with E-state index >= 15 is 0 Å². The molecule has 1 aliphatic heterocycles. The second-order valence-corrected chi connectivity index (χ2v) is 9.24. The minimum atomic E-state index is -0.103. The van der Waals surface area contributed by atoms with Gasteiger partial charge in [0.2, 0.25) is 5.91 Å². The number of fused-ring (bicyclic) bond motifs is 2. The van der Waals surface area contributed by atoms with Crippen LogP contribution >= 0.6 is 0 Å². The van der Waals surface area contributed by atoms with E-state index in [4.69, 9.17) is 0 Å². The first-order valence-electron chi connectivity index (χ1n) is 12.6. The lowest BCUT2D eigenvalue weighted by atomic mass is 10.1. The molecular weight excluding hydrogens is 440 g/mol. The van der Waals surface area contributed by atoms with Gasteiger partial charge in [0.25, 0.3) is 11.5 Å². The van der Waals surface area contributed by atoms with Crippen LogP contribution in [0.1, 0.15) is 67.6 Å². The first-order valence-corrected chi connectivity index (χ1v) is 12.6. The number of carbonyl (C=O) groups excluding carboxylic acids is 2. The number of hydrogen-bond donors (Lipinski definition) is 0. The lowest BCUT2D eigenvalue weighted by Crippen LogP contribution is -2.35. The number of carbonyl (C=O) groups is 2. The van der Waals surface area contributed by atoms with E-state index in [-0.39, 0.29) is 17.4 Å². The van der Waals surface area contributed by atoms with Crippen molar-refractivity contribution in [1.82, 2.24) is 14.5 Å². The lowest BCUT2D eigenvalue weighted by molar-refractivity contribution is -0.116. The van der Waals surface area contributed by atoms with Gasteiger partial charge in [0.05, 0.1) is 11.0 Å². The fraction of sp³-hybridized carbons (Fsp3) is 0.429. The Morgan fingerprint density at radius 2 is 1.69 bits per heavy atom. The molecule has 0 bridgehead atoms. The SMILES string of the molecule is CCn1c(=O)c(C)nc2cc(C(=O)N3CCCCCCCN(C(C)=O)c4ccccc4C3)ccc21. The maximum absolute atomic E-state index is 13.7. The lowest BCUT2D eigenvalue weighted by Gasteiger charge is -2.29. The monoisotopic (exact) mass is 474 g/mol. The smallest absolute Gasteiger partial charge is 0.272 e. The zero-order chi connectivity index (χ0) is 24.9. The van der Waals surface area contributed by atoms with Crippen LogP contribution in [0.5, 0.6) is 0 Å². The molecule has 2 heterocycles. The third-order valence-corrected chi connectivity index (χ3v) is 6.79. The van der Waals surface area contributed by atoms with E-state index in [0.29, 0.717) is 43.0 Å². The predicted octanol–water partition coefficient (Wildman–Crippen LogP) is 4.68. The number of aromatic nitrogens is 2. The summed E-state index contributed by atoms with van der Waals surface area (Å²) in [5, 5.41) is 0. The van der Waals surface area contributed by atoms with Gasteiger partial charge in [-0.25, -0.2) is 4.98 Å². The molecule has 4 rings (SSSR count). The number of nitrogens with zero attached hydrogens (tertiary/aromatic N) is 4. The van der Waals surface area contributed by atoms with E-state index < -0.39 is 0 Å². The maximum atomic E-state index is 13.7. The van der Waals surface area contributed by atoms with Crippen molar-refractivity contribution < 1.29 is 9.59 Å². The van der Waals surface area contributed by atoms with Crippen molar-refractivity contribution in [3.63, 3.8) is 0 Å². The van der Waals surface area contributed by atoms with Gasteiger partial charge in [-0.3, -0.25) is 14.4 Å². The quantitative estimate of drug-likeness (QED) is 0.540. The van der Waals surface area contributed by atoms with E-state index in [0.717, 1.165) is 48.9 Å². The molecule has 0 radical (unpaired) electrons. The van der Waals surface area contributed by atoms with E-state index in [2.05, 4.69) is 4.98 Å². The van der Waals surface area contributed by atoms with Crippen LogP contribution < -0.4 is 10.5 Å². The van der Waals surface area contributed by atoms with Crippen molar-refractivity contribution in [2.24, 2.45) is 0 Å². The van der Waals surface area contributed by atoms with Crippen LogP contribution in [0.25, 0.3) is 11.0 Å². The zero-order valence-corrected chi connectivity index (χ0v) is 20.9. The van der Waals surface area contributed by atoms with E-state index in [1.165, 1.54) is 0 Å². The molecule has 7 heteroatoms. The molecule has 0 saturated heterocycles. The third kappa shape index (κ3) is 5.29. The van der Waals surface area contributed by atoms with Crippen molar-refractivity contribution in [3.05, 3.63) is 69.6 Å². The molecule has 3 aromatic rings. The highest BCUT2D eigenvalue weighted by Crippen LogP contribution is 2.25. The van der Waals surface area contributed by atoms with Crippen LogP contribution in [0.15, 0.2) is 47.3 Å². The van der Waals surface area contributed by atoms with Crippen molar-refractivity contribution in [2.75, 3.05) is 18.0 Å². The first-order chi connectivity index (χ1) is 16.9. The highest BCUT2D eigenvalue weighted by molar-refractivity contribution is 5.97. The first kappa shape index (κ1) is 24.6. The summed E-state index contributed by atoms with van der Waals surface area (Å²) in [5.41, 5.74) is 4.09. The zero-order valence-electron chi connectivity index (χ0n) is 20.9. The summed E-state index contributed by atoms with van der Waals surface area (Å²) in [6.45, 7) is 7.54. The Balaban J connectivity index is 1.72. The standard InChI is InChI=1S/C28H34N4O3/c1-4-31-26-15-14-22(18-24(26)29-20(2)27(31)34)28(35)30-16-10-6-5-7-11-17-32(21(3)33)25-13-9-8-12-23(25)19-30/h8-9,12-15,18H,4-7,10-11,16-17,19H2,1-3H3. The van der Waals surface area contributed by atoms with Crippen molar-refractivity contribution >= 4 is 28.5 Å². The van der Waals surface area contributed by atoms with Crippen LogP contribution in [0.2, 0.25) is 0 Å². The second-order valence-electron chi connectivity index (χ2n) is 9.24. The van der Waals surface area contributed by atoms with Gasteiger partial charge in [0, 0.05) is 44.4 Å². The van der Waals surface area contributed by atoms with Gasteiger partial charge in [-0.2, -0.15) is 0 Å². The summed E-state index contributed by atoms with van der Waals surface area (Å²) >= 11 is 0. The van der Waals surface area contributed by atoms with Gasteiger partial charge in [0.1, 0.15) is 5.69 Å². The van der Waals surface area contributed by atoms with E-state index in [1.807, 2.05) is 47.1 Å². The van der Waals surface area contributed by atoms with Crippen LogP contribution in [0, 0.1) is 6.92 Å². The molecule has 0 unspecified atom stereocenters. The summed E-state index contributed by atoms with van der Waals surface area (Å²) in [5.74, 6) is -0.0489. The molecule has 0 atom stereocenters. The van der Waals surface area contributed by atoms with Crippen LogP contribution in [-0.2, 0) is 17.9 Å². The van der Waals surface area contributed by atoms with Gasteiger partial charge < -0.3 is 14.4 Å². The molecule has 0 N–H and O–H groups in total. The average molecular weight is 475 g/mol. The number of para-hydroxylation sites is 1. The molecule has 0 saturated carbocycles. The largest absolute Gasteiger partial charge is 0.334 e. The summed E-state index contributed by atoms with van der Waals surface area (Å²) in [6, 6.07) is 13.3. The molecule has 184 valence electrons. The van der Waals surface area contributed by atoms with Gasteiger partial charge in [-0.1, -0.05) is 37.5 Å². The summed E-state index contributed by atoms with van der Waals surface area (Å²) in [6.07, 6.45) is 5.11. The van der Waals surface area contributed by atoms with Crippen LogP contribution in [-0.4, -0.2) is 39.4 Å². The Morgan fingerprint density at radius 3 is 2.43 bits per heavy atom. The maximum Gasteiger partial charge on any atom is 0.272 e. The number of rotatable bonds is 2. The van der Waals surface area contributed by atoms with Gasteiger partial charge in [-0.15, -0.1) is 0 Å².